The molecule has 2 amide bonds. The number of carbonyl (C=O) groups is 3. The maximum Gasteiger partial charge on any atom is 0.534 e. The summed E-state index contributed by atoms with van der Waals surface area (Å²) in [6.07, 6.45) is -2.76. The monoisotopic (exact) mass is 527 g/mol. The second-order valence-corrected chi connectivity index (χ2v) is 10.7. The number of methoxy groups -OCH3 is 1. The molecule has 0 saturated carbocycles. The van der Waals surface area contributed by atoms with Crippen molar-refractivity contribution in [3.8, 4) is 5.75 Å². The van der Waals surface area contributed by atoms with Crippen LogP contribution in [0.2, 0.25) is 0 Å². The molecule has 198 valence electrons. The zero-order valence-corrected chi connectivity index (χ0v) is 21.1. The maximum absolute atomic E-state index is 12.8. The van der Waals surface area contributed by atoms with E-state index in [1.807, 2.05) is 0 Å². The Morgan fingerprint density at radius 1 is 0.886 bits per heavy atom. The zero-order valence-electron chi connectivity index (χ0n) is 20.3. The van der Waals surface area contributed by atoms with Gasteiger partial charge in [-0.15, -0.1) is 0 Å². The lowest BCUT2D eigenvalue weighted by molar-refractivity contribution is -0.146. The van der Waals surface area contributed by atoms with Crippen LogP contribution in [0.25, 0.3) is 0 Å². The summed E-state index contributed by atoms with van der Waals surface area (Å²) in [7, 11) is -4.86. The summed E-state index contributed by atoms with van der Waals surface area (Å²) in [6.45, 7) is 9.24. The smallest absolute Gasteiger partial charge is 0.467 e. The van der Waals surface area contributed by atoms with Crippen LogP contribution in [-0.4, -0.2) is 61.3 Å². The fourth-order valence-corrected chi connectivity index (χ4v) is 2.90. The van der Waals surface area contributed by atoms with Gasteiger partial charge in [0.05, 0.1) is 7.11 Å². The average Bonchev–Trinajstić information content (AvgIpc) is 2.64. The van der Waals surface area contributed by atoms with Gasteiger partial charge in [0.2, 0.25) is 0 Å². The van der Waals surface area contributed by atoms with E-state index in [4.69, 9.17) is 14.2 Å². The first-order valence-corrected chi connectivity index (χ1v) is 11.5. The van der Waals surface area contributed by atoms with E-state index in [1.165, 1.54) is 0 Å². The highest BCUT2D eigenvalue weighted by molar-refractivity contribution is 7.88. The van der Waals surface area contributed by atoms with Crippen LogP contribution in [0.5, 0.6) is 5.75 Å². The Balaban J connectivity index is 3.33. The predicted molar refractivity (Wildman–Crippen MR) is 116 cm³/mol. The van der Waals surface area contributed by atoms with Crippen LogP contribution < -0.4 is 4.18 Å². The van der Waals surface area contributed by atoms with E-state index in [0.717, 1.165) is 31.4 Å². The molecule has 0 N–H and O–H groups in total. The predicted octanol–water partition coefficient (Wildman–Crippen LogP) is 4.17. The van der Waals surface area contributed by atoms with Gasteiger partial charge in [-0.2, -0.15) is 26.5 Å². The number of carbonyl (C=O) groups excluding carboxylic acids is 3. The second-order valence-electron chi connectivity index (χ2n) is 9.20. The number of alkyl halides is 3. The number of hydrogen-bond donors (Lipinski definition) is 0. The highest BCUT2D eigenvalue weighted by atomic mass is 32.2. The lowest BCUT2D eigenvalue weighted by Crippen LogP contribution is -2.53. The van der Waals surface area contributed by atoms with Crippen LogP contribution in [0.3, 0.4) is 0 Å². The van der Waals surface area contributed by atoms with Gasteiger partial charge in [0, 0.05) is 6.42 Å². The normalized spacial score (nSPS) is 13.4. The van der Waals surface area contributed by atoms with Crippen LogP contribution in [0.4, 0.5) is 22.8 Å². The molecule has 0 fully saturated rings. The molecule has 0 aliphatic carbocycles. The van der Waals surface area contributed by atoms with E-state index in [9.17, 15) is 36.0 Å². The standard InChI is InChI=1S/C21H28F3NO9S/c1-19(2,3)32-17(27)25(18(28)33-20(4,5)6)15(16(26)31-7)12-13-8-10-14(11-9-13)34-35(29,30)21(22,23)24/h8-11,15H,12H2,1-7H3/t15-/m0/s1. The second kappa shape index (κ2) is 10.7. The van der Waals surface area contributed by atoms with Crippen molar-refractivity contribution in [1.29, 1.82) is 0 Å². The van der Waals surface area contributed by atoms with Gasteiger partial charge in [0.25, 0.3) is 0 Å². The number of esters is 1. The Bertz CT molecular complexity index is 996. The van der Waals surface area contributed by atoms with Crippen molar-refractivity contribution in [3.05, 3.63) is 29.8 Å². The van der Waals surface area contributed by atoms with E-state index in [0.29, 0.717) is 4.90 Å². The molecule has 0 aliphatic heterocycles. The Kier molecular flexibility index (Phi) is 9.18. The SMILES string of the molecule is COC(=O)[C@H](Cc1ccc(OS(=O)(=O)C(F)(F)F)cc1)N(C(=O)OC(C)(C)C)C(=O)OC(C)(C)C. The molecule has 0 radical (unpaired) electrons. The number of imide groups is 1. The van der Waals surface area contributed by atoms with E-state index in [2.05, 4.69) is 4.18 Å². The lowest BCUT2D eigenvalue weighted by atomic mass is 10.0. The van der Waals surface area contributed by atoms with Crippen molar-refractivity contribution in [1.82, 2.24) is 4.90 Å². The molecule has 35 heavy (non-hydrogen) atoms. The number of amides is 2. The summed E-state index contributed by atoms with van der Waals surface area (Å²) in [5, 5.41) is 0. The Morgan fingerprint density at radius 2 is 1.31 bits per heavy atom. The maximum atomic E-state index is 12.8. The minimum absolute atomic E-state index is 0.217. The number of nitrogens with zero attached hydrogens (tertiary/aromatic N) is 1. The molecular formula is C21H28F3NO9S. The number of benzene rings is 1. The molecule has 0 unspecified atom stereocenters. The van der Waals surface area contributed by atoms with Gasteiger partial charge in [-0.1, -0.05) is 12.1 Å². The van der Waals surface area contributed by atoms with E-state index in [-0.39, 0.29) is 12.0 Å². The molecule has 1 rings (SSSR count). The summed E-state index contributed by atoms with van der Waals surface area (Å²) < 4.78 is 79.1. The lowest BCUT2D eigenvalue weighted by Gasteiger charge is -2.32. The van der Waals surface area contributed by atoms with Crippen molar-refractivity contribution in [2.75, 3.05) is 7.11 Å². The summed E-state index contributed by atoms with van der Waals surface area (Å²) in [6, 6.07) is 2.55. The molecule has 10 nitrogen and oxygen atoms in total. The van der Waals surface area contributed by atoms with Crippen molar-refractivity contribution < 1.29 is 54.4 Å². The van der Waals surface area contributed by atoms with Crippen LogP contribution in [-0.2, 0) is 35.5 Å². The minimum atomic E-state index is -5.88. The number of hydrogen-bond acceptors (Lipinski definition) is 9. The topological polar surface area (TPSA) is 126 Å². The molecule has 0 aliphatic rings. The Morgan fingerprint density at radius 3 is 1.66 bits per heavy atom. The summed E-state index contributed by atoms with van der Waals surface area (Å²) >= 11 is 0. The fourth-order valence-electron chi connectivity index (χ4n) is 2.45. The first-order chi connectivity index (χ1) is 15.7. The molecule has 1 aromatic rings. The van der Waals surface area contributed by atoms with Crippen LogP contribution in [0, 0.1) is 0 Å². The number of ether oxygens (including phenoxy) is 3. The fraction of sp³-hybridized carbons (Fsp3) is 0.571. The highest BCUT2D eigenvalue weighted by Gasteiger charge is 2.48. The van der Waals surface area contributed by atoms with Crippen LogP contribution in [0.1, 0.15) is 47.1 Å². The van der Waals surface area contributed by atoms with Crippen molar-refractivity contribution >= 4 is 28.3 Å². The Labute approximate surface area is 201 Å². The van der Waals surface area contributed by atoms with Gasteiger partial charge in [-0.3, -0.25) is 0 Å². The molecule has 1 aromatic carbocycles. The molecule has 0 spiro atoms. The first kappa shape index (κ1) is 30.0. The molecule has 0 saturated heterocycles. The van der Waals surface area contributed by atoms with E-state index >= 15 is 0 Å². The summed E-state index contributed by atoms with van der Waals surface area (Å²) in [5.41, 5.74) is -7.49. The van der Waals surface area contributed by atoms with Gasteiger partial charge in [-0.25, -0.2) is 14.4 Å². The molecule has 0 bridgehead atoms. The summed E-state index contributed by atoms with van der Waals surface area (Å²) in [5.74, 6) is -1.65. The van der Waals surface area contributed by atoms with Gasteiger partial charge in [0.15, 0.2) is 0 Å². The van der Waals surface area contributed by atoms with Crippen molar-refractivity contribution in [2.45, 2.75) is 70.7 Å². The zero-order chi connectivity index (χ0) is 27.4. The largest absolute Gasteiger partial charge is 0.534 e. The number of rotatable bonds is 6. The van der Waals surface area contributed by atoms with Crippen molar-refractivity contribution in [2.24, 2.45) is 0 Å². The van der Waals surface area contributed by atoms with Gasteiger partial charge < -0.3 is 18.4 Å². The van der Waals surface area contributed by atoms with Crippen LogP contribution >= 0.6 is 0 Å². The third-order valence-corrected chi connectivity index (χ3v) is 4.79. The van der Waals surface area contributed by atoms with Crippen molar-refractivity contribution in [3.63, 3.8) is 0 Å². The van der Waals surface area contributed by atoms with Gasteiger partial charge >= 0.3 is 33.8 Å². The molecular weight excluding hydrogens is 499 g/mol. The highest BCUT2D eigenvalue weighted by Crippen LogP contribution is 2.27. The summed E-state index contributed by atoms with van der Waals surface area (Å²) in [4.78, 5) is 38.7. The average molecular weight is 528 g/mol. The minimum Gasteiger partial charge on any atom is -0.467 e. The quantitative estimate of drug-likeness (QED) is 0.232. The van der Waals surface area contributed by atoms with Gasteiger partial charge in [0.1, 0.15) is 23.0 Å². The van der Waals surface area contributed by atoms with E-state index < -0.39 is 56.8 Å². The van der Waals surface area contributed by atoms with Crippen LogP contribution in [0.15, 0.2) is 24.3 Å². The first-order valence-electron chi connectivity index (χ1n) is 10.1. The molecule has 14 heteroatoms. The Hall–Kier alpha value is -3.03. The third kappa shape index (κ3) is 9.26. The van der Waals surface area contributed by atoms with Gasteiger partial charge in [-0.05, 0) is 59.2 Å². The molecule has 0 aromatic heterocycles. The number of halogens is 3. The molecule has 0 heterocycles. The molecule has 1 atom stereocenters. The van der Waals surface area contributed by atoms with E-state index in [1.54, 1.807) is 41.5 Å². The third-order valence-electron chi connectivity index (χ3n) is 3.81.